The van der Waals surface area contributed by atoms with Crippen molar-refractivity contribution in [3.8, 4) is 0 Å². The molecule has 1 aromatic heterocycles. The Balaban J connectivity index is 1.55. The normalized spacial score (nSPS) is 15.5. The molecular weight excluding hydrogens is 399 g/mol. The third kappa shape index (κ3) is 6.30. The van der Waals surface area contributed by atoms with Gasteiger partial charge in [0.2, 0.25) is 0 Å². The van der Waals surface area contributed by atoms with Crippen molar-refractivity contribution >= 4 is 17.5 Å². The number of furan rings is 1. The molecule has 1 saturated heterocycles. The summed E-state index contributed by atoms with van der Waals surface area (Å²) in [7, 11) is 0. The predicted octanol–water partition coefficient (Wildman–Crippen LogP) is 2.70. The van der Waals surface area contributed by atoms with Crippen molar-refractivity contribution in [3.05, 3.63) is 54.2 Å². The molecule has 1 aromatic carbocycles. The van der Waals surface area contributed by atoms with E-state index in [1.165, 1.54) is 6.07 Å². The van der Waals surface area contributed by atoms with Crippen LogP contribution in [0.2, 0.25) is 0 Å². The summed E-state index contributed by atoms with van der Waals surface area (Å²) >= 11 is 0. The van der Waals surface area contributed by atoms with Gasteiger partial charge in [0.25, 0.3) is 0 Å². The minimum atomic E-state index is -0.641. The van der Waals surface area contributed by atoms with Crippen LogP contribution in [0, 0.1) is 5.82 Å². The molecule has 2 aromatic rings. The fourth-order valence-corrected chi connectivity index (χ4v) is 3.80. The lowest BCUT2D eigenvalue weighted by atomic mass is 10.1. The fourth-order valence-electron chi connectivity index (χ4n) is 3.80. The molecule has 0 aliphatic carbocycles. The van der Waals surface area contributed by atoms with Crippen LogP contribution in [0.15, 0.2) is 47.1 Å². The predicted molar refractivity (Wildman–Crippen MR) is 117 cm³/mol. The first kappa shape index (κ1) is 22.8. The van der Waals surface area contributed by atoms with Gasteiger partial charge in [0.15, 0.2) is 0 Å². The van der Waals surface area contributed by atoms with Crippen LogP contribution in [-0.2, 0) is 9.59 Å². The maximum Gasteiger partial charge on any atom is 0.309 e. The SMILES string of the molecule is CCCCCNC(=O)C(=O)NC[C@@H](c1ccco1)N1CCN(c2ccccc2F)CC1. The molecule has 2 N–H and O–H groups in total. The number of unbranched alkanes of at least 4 members (excludes halogenated alkanes) is 2. The second kappa shape index (κ2) is 11.5. The van der Waals surface area contributed by atoms with Gasteiger partial charge in [-0.3, -0.25) is 14.5 Å². The van der Waals surface area contributed by atoms with Gasteiger partial charge in [-0.15, -0.1) is 0 Å². The summed E-state index contributed by atoms with van der Waals surface area (Å²) in [6.45, 7) is 5.51. The Kier molecular flexibility index (Phi) is 8.46. The van der Waals surface area contributed by atoms with Crippen LogP contribution >= 0.6 is 0 Å². The quantitative estimate of drug-likeness (QED) is 0.473. The van der Waals surface area contributed by atoms with E-state index in [9.17, 15) is 14.0 Å². The van der Waals surface area contributed by atoms with Crippen LogP contribution in [-0.4, -0.2) is 56.0 Å². The zero-order chi connectivity index (χ0) is 22.1. The number of nitrogens with one attached hydrogen (secondary N) is 2. The summed E-state index contributed by atoms with van der Waals surface area (Å²) < 4.78 is 19.7. The van der Waals surface area contributed by atoms with E-state index >= 15 is 0 Å². The second-order valence-corrected chi connectivity index (χ2v) is 7.68. The van der Waals surface area contributed by atoms with Crippen LogP contribution in [0.3, 0.4) is 0 Å². The Labute approximate surface area is 182 Å². The Morgan fingerprint density at radius 1 is 1.03 bits per heavy atom. The maximum absolute atomic E-state index is 14.1. The average molecular weight is 431 g/mol. The van der Waals surface area contributed by atoms with E-state index in [1.54, 1.807) is 24.5 Å². The summed E-state index contributed by atoms with van der Waals surface area (Å²) in [6, 6.07) is 10.2. The smallest absolute Gasteiger partial charge is 0.309 e. The first-order valence-corrected chi connectivity index (χ1v) is 10.9. The number of carbonyl (C=O) groups excluding carboxylic acids is 2. The summed E-state index contributed by atoms with van der Waals surface area (Å²) in [6.07, 6.45) is 4.52. The summed E-state index contributed by atoms with van der Waals surface area (Å²) in [5, 5.41) is 5.39. The minimum absolute atomic E-state index is 0.199. The van der Waals surface area contributed by atoms with E-state index < -0.39 is 11.8 Å². The standard InChI is InChI=1S/C23H31FN4O3/c1-2-3-6-11-25-22(29)23(30)26-17-20(21-10-7-16-31-21)28-14-12-27(13-15-28)19-9-5-4-8-18(19)24/h4-5,7-10,16,20H,2-3,6,11-15,17H2,1H3,(H,25,29)(H,26,30)/t20-/m0/s1. The van der Waals surface area contributed by atoms with Crippen molar-refractivity contribution in [1.82, 2.24) is 15.5 Å². The molecule has 0 unspecified atom stereocenters. The van der Waals surface area contributed by atoms with Crippen LogP contribution in [0.1, 0.15) is 38.0 Å². The summed E-state index contributed by atoms with van der Waals surface area (Å²) in [4.78, 5) is 28.4. The molecule has 1 atom stereocenters. The zero-order valence-electron chi connectivity index (χ0n) is 18.0. The minimum Gasteiger partial charge on any atom is -0.468 e. The van der Waals surface area contributed by atoms with Crippen LogP contribution in [0.4, 0.5) is 10.1 Å². The topological polar surface area (TPSA) is 77.8 Å². The molecule has 0 spiro atoms. The highest BCUT2D eigenvalue weighted by atomic mass is 19.1. The summed E-state index contributed by atoms with van der Waals surface area (Å²) in [5.74, 6) is -0.754. The molecule has 0 saturated carbocycles. The third-order valence-electron chi connectivity index (χ3n) is 5.55. The van der Waals surface area contributed by atoms with Gasteiger partial charge in [-0.1, -0.05) is 31.9 Å². The molecule has 1 fully saturated rings. The third-order valence-corrected chi connectivity index (χ3v) is 5.55. The Bertz CT molecular complexity index is 835. The van der Waals surface area contributed by atoms with Crippen molar-refractivity contribution in [2.45, 2.75) is 32.2 Å². The van der Waals surface area contributed by atoms with E-state index in [2.05, 4.69) is 22.5 Å². The second-order valence-electron chi connectivity index (χ2n) is 7.68. The fraction of sp³-hybridized carbons (Fsp3) is 0.478. The van der Waals surface area contributed by atoms with Gasteiger partial charge < -0.3 is 20.0 Å². The van der Waals surface area contributed by atoms with Crippen molar-refractivity contribution < 1.29 is 18.4 Å². The molecule has 31 heavy (non-hydrogen) atoms. The van der Waals surface area contributed by atoms with Gasteiger partial charge in [-0.25, -0.2) is 4.39 Å². The first-order chi connectivity index (χ1) is 15.1. The number of hydrogen-bond donors (Lipinski definition) is 2. The molecule has 1 aliphatic heterocycles. The van der Waals surface area contributed by atoms with Gasteiger partial charge >= 0.3 is 11.8 Å². The molecule has 2 heterocycles. The molecule has 1 aliphatic rings. The monoisotopic (exact) mass is 430 g/mol. The molecule has 0 radical (unpaired) electrons. The highest BCUT2D eigenvalue weighted by molar-refractivity contribution is 6.35. The Morgan fingerprint density at radius 3 is 2.45 bits per heavy atom. The van der Waals surface area contributed by atoms with E-state index in [0.29, 0.717) is 38.4 Å². The number of halogens is 1. The number of nitrogens with zero attached hydrogens (tertiary/aromatic N) is 2. The number of hydrogen-bond acceptors (Lipinski definition) is 5. The van der Waals surface area contributed by atoms with Crippen molar-refractivity contribution in [2.75, 3.05) is 44.2 Å². The van der Waals surface area contributed by atoms with E-state index in [4.69, 9.17) is 4.42 Å². The van der Waals surface area contributed by atoms with Crippen molar-refractivity contribution in [3.63, 3.8) is 0 Å². The number of benzene rings is 1. The number of anilines is 1. The number of amides is 2. The van der Waals surface area contributed by atoms with E-state index in [1.807, 2.05) is 17.0 Å². The molecule has 8 heteroatoms. The summed E-state index contributed by atoms with van der Waals surface area (Å²) in [5.41, 5.74) is 0.602. The van der Waals surface area contributed by atoms with Gasteiger partial charge in [-0.05, 0) is 30.7 Å². The highest BCUT2D eigenvalue weighted by Gasteiger charge is 2.28. The molecule has 2 amide bonds. The number of piperazine rings is 1. The van der Waals surface area contributed by atoms with Gasteiger partial charge in [-0.2, -0.15) is 0 Å². The van der Waals surface area contributed by atoms with Crippen molar-refractivity contribution in [2.24, 2.45) is 0 Å². The number of carbonyl (C=O) groups is 2. The maximum atomic E-state index is 14.1. The van der Waals surface area contributed by atoms with Crippen LogP contribution in [0.25, 0.3) is 0 Å². The van der Waals surface area contributed by atoms with Crippen LogP contribution in [0.5, 0.6) is 0 Å². The highest BCUT2D eigenvalue weighted by Crippen LogP contribution is 2.25. The first-order valence-electron chi connectivity index (χ1n) is 10.9. The number of rotatable bonds is 9. The molecule has 7 nitrogen and oxygen atoms in total. The molecule has 168 valence electrons. The molecule has 3 rings (SSSR count). The lowest BCUT2D eigenvalue weighted by Crippen LogP contribution is -2.51. The van der Waals surface area contributed by atoms with Gasteiger partial charge in [0.05, 0.1) is 18.0 Å². The van der Waals surface area contributed by atoms with Gasteiger partial charge in [0.1, 0.15) is 11.6 Å². The lowest BCUT2D eigenvalue weighted by molar-refractivity contribution is -0.139. The average Bonchev–Trinajstić information content (AvgIpc) is 3.32. The largest absolute Gasteiger partial charge is 0.468 e. The molecule has 0 bridgehead atoms. The zero-order valence-corrected chi connectivity index (χ0v) is 18.0. The van der Waals surface area contributed by atoms with E-state index in [0.717, 1.165) is 25.0 Å². The Morgan fingerprint density at radius 2 is 1.77 bits per heavy atom. The van der Waals surface area contributed by atoms with Crippen molar-refractivity contribution in [1.29, 1.82) is 0 Å². The number of para-hydroxylation sites is 1. The van der Waals surface area contributed by atoms with Gasteiger partial charge in [0, 0.05) is 39.3 Å². The molecular formula is C23H31FN4O3. The Hall–Kier alpha value is -2.87. The van der Waals surface area contributed by atoms with Crippen LogP contribution < -0.4 is 15.5 Å². The van der Waals surface area contributed by atoms with E-state index in [-0.39, 0.29) is 18.4 Å². The lowest BCUT2D eigenvalue weighted by Gasteiger charge is -2.39.